The largest absolute Gasteiger partial charge is 0.409 e. The van der Waals surface area contributed by atoms with E-state index in [0.717, 1.165) is 9.75 Å². The topological polar surface area (TPSA) is 82.4 Å². The van der Waals surface area contributed by atoms with Gasteiger partial charge in [0.25, 0.3) is 0 Å². The van der Waals surface area contributed by atoms with Gasteiger partial charge in [0.2, 0.25) is 0 Å². The third-order valence-corrected chi connectivity index (χ3v) is 3.18. The summed E-state index contributed by atoms with van der Waals surface area (Å²) in [5.74, 6) is 0.171. The third-order valence-electron chi connectivity index (χ3n) is 1.51. The first-order chi connectivity index (χ1) is 7.77. The molecule has 16 heavy (non-hydrogen) atoms. The second-order valence-corrected chi connectivity index (χ2v) is 4.45. The molecule has 0 saturated carbocycles. The van der Waals surface area contributed by atoms with Gasteiger partial charge in [0.05, 0.1) is 4.88 Å². The standard InChI is InChI=1S/C5H6N2OS.C5H3NS/c6-5(7-8)4-2-1-3-9-4;6-4-5-2-1-3-7-5/h1-3,8H,(H2,6,7);1-3H. The van der Waals surface area contributed by atoms with E-state index in [0.29, 0.717) is 0 Å². The molecule has 3 N–H and O–H groups in total. The number of thiophene rings is 2. The maximum Gasteiger partial charge on any atom is 0.180 e. The summed E-state index contributed by atoms with van der Waals surface area (Å²) in [7, 11) is 0. The van der Waals surface area contributed by atoms with Crippen molar-refractivity contribution in [2.24, 2.45) is 10.9 Å². The van der Waals surface area contributed by atoms with Gasteiger partial charge in [-0.05, 0) is 22.9 Å². The van der Waals surface area contributed by atoms with Gasteiger partial charge in [-0.15, -0.1) is 22.7 Å². The van der Waals surface area contributed by atoms with Crippen molar-refractivity contribution in [3.05, 3.63) is 44.8 Å². The van der Waals surface area contributed by atoms with E-state index < -0.39 is 0 Å². The Morgan fingerprint density at radius 1 is 1.31 bits per heavy atom. The zero-order valence-electron chi connectivity index (χ0n) is 8.20. The lowest BCUT2D eigenvalue weighted by molar-refractivity contribution is 0.319. The smallest absolute Gasteiger partial charge is 0.180 e. The van der Waals surface area contributed by atoms with Gasteiger partial charge in [-0.25, -0.2) is 0 Å². The molecule has 0 bridgehead atoms. The first-order valence-corrected chi connectivity index (χ1v) is 5.99. The molecule has 0 unspecified atom stereocenters. The molecule has 0 fully saturated rings. The van der Waals surface area contributed by atoms with Crippen molar-refractivity contribution >= 4 is 28.5 Å². The lowest BCUT2D eigenvalue weighted by atomic mass is 10.4. The van der Waals surface area contributed by atoms with Crippen LogP contribution in [0, 0.1) is 11.3 Å². The molecule has 0 radical (unpaired) electrons. The van der Waals surface area contributed by atoms with Crippen LogP contribution in [0.4, 0.5) is 0 Å². The number of nitrogens with zero attached hydrogens (tertiary/aromatic N) is 2. The van der Waals surface area contributed by atoms with Crippen LogP contribution >= 0.6 is 22.7 Å². The molecule has 0 atom stereocenters. The first kappa shape index (κ1) is 12.2. The van der Waals surface area contributed by atoms with Crippen LogP contribution in [0.3, 0.4) is 0 Å². The third kappa shape index (κ3) is 3.73. The monoisotopic (exact) mass is 251 g/mol. The fourth-order valence-electron chi connectivity index (χ4n) is 0.816. The molecule has 0 aliphatic carbocycles. The van der Waals surface area contributed by atoms with Gasteiger partial charge < -0.3 is 10.9 Å². The minimum absolute atomic E-state index is 0.171. The van der Waals surface area contributed by atoms with Crippen molar-refractivity contribution in [3.8, 4) is 6.07 Å². The molecular formula is C10H9N3OS2. The molecule has 4 nitrogen and oxygen atoms in total. The van der Waals surface area contributed by atoms with E-state index in [1.165, 1.54) is 22.7 Å². The maximum atomic E-state index is 8.19. The van der Waals surface area contributed by atoms with Crippen LogP contribution in [0.2, 0.25) is 0 Å². The van der Waals surface area contributed by atoms with Gasteiger partial charge in [-0.2, -0.15) is 5.26 Å². The van der Waals surface area contributed by atoms with Crippen LogP contribution in [-0.2, 0) is 0 Å². The molecule has 0 aliphatic rings. The van der Waals surface area contributed by atoms with E-state index in [1.54, 1.807) is 12.1 Å². The van der Waals surface area contributed by atoms with Crippen molar-refractivity contribution in [3.63, 3.8) is 0 Å². The predicted octanol–water partition coefficient (Wildman–Crippen LogP) is 2.46. The van der Waals surface area contributed by atoms with Crippen molar-refractivity contribution in [2.75, 3.05) is 0 Å². The van der Waals surface area contributed by atoms with Gasteiger partial charge in [-0.1, -0.05) is 17.3 Å². The Morgan fingerprint density at radius 2 is 2.00 bits per heavy atom. The van der Waals surface area contributed by atoms with Gasteiger partial charge in [0, 0.05) is 0 Å². The molecule has 0 amide bonds. The Labute approximate surface area is 101 Å². The molecule has 6 heteroatoms. The minimum atomic E-state index is 0.171. The lowest BCUT2D eigenvalue weighted by Crippen LogP contribution is -2.10. The van der Waals surface area contributed by atoms with E-state index in [1.807, 2.05) is 29.0 Å². The summed E-state index contributed by atoms with van der Waals surface area (Å²) in [6.45, 7) is 0. The summed E-state index contributed by atoms with van der Waals surface area (Å²) in [6, 6.07) is 9.32. The zero-order chi connectivity index (χ0) is 11.8. The fraction of sp³-hybridized carbons (Fsp3) is 0. The first-order valence-electron chi connectivity index (χ1n) is 4.23. The van der Waals surface area contributed by atoms with E-state index in [4.69, 9.17) is 16.2 Å². The SMILES string of the molecule is N#Cc1cccs1.N/C(=N\O)c1cccs1. The van der Waals surface area contributed by atoms with Crippen LogP contribution in [0.25, 0.3) is 0 Å². The summed E-state index contributed by atoms with van der Waals surface area (Å²) in [6.07, 6.45) is 0. The molecule has 0 aromatic carbocycles. The molecule has 0 aliphatic heterocycles. The van der Waals surface area contributed by atoms with Crippen molar-refractivity contribution in [2.45, 2.75) is 0 Å². The zero-order valence-corrected chi connectivity index (χ0v) is 9.83. The van der Waals surface area contributed by atoms with E-state index >= 15 is 0 Å². The Kier molecular flexibility index (Phi) is 5.05. The number of amidine groups is 1. The highest BCUT2D eigenvalue weighted by molar-refractivity contribution is 7.12. The average molecular weight is 251 g/mol. The quantitative estimate of drug-likeness (QED) is 0.353. The highest BCUT2D eigenvalue weighted by atomic mass is 32.1. The Bertz CT molecular complexity index is 469. The van der Waals surface area contributed by atoms with Gasteiger partial charge in [-0.3, -0.25) is 0 Å². The minimum Gasteiger partial charge on any atom is -0.409 e. The number of nitrogens with two attached hydrogens (primary N) is 1. The van der Waals surface area contributed by atoms with Gasteiger partial charge in [0.15, 0.2) is 5.84 Å². The van der Waals surface area contributed by atoms with Crippen LogP contribution in [0.1, 0.15) is 9.75 Å². The second-order valence-electron chi connectivity index (χ2n) is 2.55. The number of hydrogen-bond donors (Lipinski definition) is 2. The Balaban J connectivity index is 0.000000165. The number of rotatable bonds is 1. The summed E-state index contributed by atoms with van der Waals surface area (Å²) in [5.41, 5.74) is 5.25. The lowest BCUT2D eigenvalue weighted by Gasteiger charge is -1.87. The summed E-state index contributed by atoms with van der Waals surface area (Å²) >= 11 is 2.90. The maximum absolute atomic E-state index is 8.19. The van der Waals surface area contributed by atoms with Crippen molar-refractivity contribution in [1.82, 2.24) is 0 Å². The molecule has 82 valence electrons. The number of nitriles is 1. The highest BCUT2D eigenvalue weighted by Gasteiger charge is 1.96. The van der Waals surface area contributed by atoms with Crippen molar-refractivity contribution in [1.29, 1.82) is 5.26 Å². The Hall–Kier alpha value is -1.84. The molecule has 2 aromatic heterocycles. The molecule has 0 saturated heterocycles. The summed E-state index contributed by atoms with van der Waals surface area (Å²) in [5, 5.41) is 23.0. The van der Waals surface area contributed by atoms with Crippen LogP contribution < -0.4 is 5.73 Å². The number of hydrogen-bond acceptors (Lipinski definition) is 5. The molecule has 2 heterocycles. The van der Waals surface area contributed by atoms with E-state index in [9.17, 15) is 0 Å². The van der Waals surface area contributed by atoms with Gasteiger partial charge >= 0.3 is 0 Å². The summed E-state index contributed by atoms with van der Waals surface area (Å²) in [4.78, 5) is 1.57. The van der Waals surface area contributed by atoms with Crippen LogP contribution in [-0.4, -0.2) is 11.0 Å². The van der Waals surface area contributed by atoms with Crippen LogP contribution in [0.15, 0.2) is 40.2 Å². The molecule has 2 rings (SSSR count). The predicted molar refractivity (Wildman–Crippen MR) is 65.9 cm³/mol. The van der Waals surface area contributed by atoms with Crippen LogP contribution in [0.5, 0.6) is 0 Å². The highest BCUT2D eigenvalue weighted by Crippen LogP contribution is 2.06. The number of oxime groups is 1. The average Bonchev–Trinajstić information content (AvgIpc) is 3.01. The van der Waals surface area contributed by atoms with Crippen molar-refractivity contribution < 1.29 is 5.21 Å². The van der Waals surface area contributed by atoms with E-state index in [-0.39, 0.29) is 5.84 Å². The summed E-state index contributed by atoms with van der Waals surface area (Å²) < 4.78 is 0. The van der Waals surface area contributed by atoms with Gasteiger partial charge in [0.1, 0.15) is 10.9 Å². The Morgan fingerprint density at radius 3 is 2.38 bits per heavy atom. The van der Waals surface area contributed by atoms with E-state index in [2.05, 4.69) is 5.16 Å². The second kappa shape index (κ2) is 6.61. The molecule has 2 aromatic rings. The molecule has 0 spiro atoms. The fourth-order valence-corrected chi connectivity index (χ4v) is 1.95. The molecular weight excluding hydrogens is 242 g/mol. The normalized spacial score (nSPS) is 10.1.